The fourth-order valence-corrected chi connectivity index (χ4v) is 2.44. The Morgan fingerprint density at radius 1 is 1.53 bits per heavy atom. The third-order valence-electron chi connectivity index (χ3n) is 3.39. The zero-order valence-electron chi connectivity index (χ0n) is 11.4. The van der Waals surface area contributed by atoms with Gasteiger partial charge < -0.3 is 10.6 Å². The van der Waals surface area contributed by atoms with Crippen molar-refractivity contribution in [3.63, 3.8) is 0 Å². The Morgan fingerprint density at radius 3 is 3.11 bits per heavy atom. The van der Waals surface area contributed by atoms with E-state index in [1.54, 1.807) is 0 Å². The van der Waals surface area contributed by atoms with Crippen molar-refractivity contribution in [2.75, 3.05) is 19.6 Å². The summed E-state index contributed by atoms with van der Waals surface area (Å²) in [6.45, 7) is 4.25. The Labute approximate surface area is 114 Å². The third kappa shape index (κ3) is 3.59. The van der Waals surface area contributed by atoms with E-state index in [4.69, 9.17) is 5.73 Å². The molecule has 3 nitrogen and oxygen atoms in total. The minimum absolute atomic E-state index is 0.114. The lowest BCUT2D eigenvalue weighted by molar-refractivity contribution is 0.0683. The number of nitrogens with zero attached hydrogens (tertiary/aromatic N) is 1. The van der Waals surface area contributed by atoms with Crippen LogP contribution in [0.1, 0.15) is 35.7 Å². The number of likely N-dealkylation sites (tertiary alicyclic amines) is 1. The molecule has 0 saturated carbocycles. The Kier molecular flexibility index (Phi) is 4.59. The molecular formula is C16H20N2O. The van der Waals surface area contributed by atoms with Crippen molar-refractivity contribution in [1.29, 1.82) is 0 Å². The van der Waals surface area contributed by atoms with Crippen molar-refractivity contribution in [3.05, 3.63) is 35.4 Å². The van der Waals surface area contributed by atoms with Gasteiger partial charge in [-0.1, -0.05) is 24.8 Å². The molecule has 0 aliphatic carbocycles. The number of hydrogen-bond acceptors (Lipinski definition) is 2. The van der Waals surface area contributed by atoms with Gasteiger partial charge in [0.2, 0.25) is 0 Å². The first-order valence-corrected chi connectivity index (χ1v) is 6.79. The second-order valence-corrected chi connectivity index (χ2v) is 5.09. The Morgan fingerprint density at radius 2 is 2.37 bits per heavy atom. The van der Waals surface area contributed by atoms with Gasteiger partial charge in [-0.3, -0.25) is 4.79 Å². The van der Waals surface area contributed by atoms with Gasteiger partial charge in [-0.2, -0.15) is 0 Å². The van der Waals surface area contributed by atoms with Crippen LogP contribution in [0.4, 0.5) is 0 Å². The smallest absolute Gasteiger partial charge is 0.253 e. The summed E-state index contributed by atoms with van der Waals surface area (Å²) in [7, 11) is 0. The Balaban J connectivity index is 2.14. The van der Waals surface area contributed by atoms with Crippen LogP contribution in [0.2, 0.25) is 0 Å². The summed E-state index contributed by atoms with van der Waals surface area (Å²) in [6.07, 6.45) is 2.31. The summed E-state index contributed by atoms with van der Waals surface area (Å²) in [4.78, 5) is 14.4. The third-order valence-corrected chi connectivity index (χ3v) is 3.39. The minimum Gasteiger partial charge on any atom is -0.338 e. The molecule has 1 fully saturated rings. The summed E-state index contributed by atoms with van der Waals surface area (Å²) >= 11 is 0. The molecule has 0 aromatic heterocycles. The fraction of sp³-hybridized carbons (Fsp3) is 0.438. The zero-order chi connectivity index (χ0) is 13.7. The number of carbonyl (C=O) groups is 1. The number of nitrogens with two attached hydrogens (primary N) is 1. The second-order valence-electron chi connectivity index (χ2n) is 5.09. The van der Waals surface area contributed by atoms with Gasteiger partial charge in [0.15, 0.2) is 0 Å². The summed E-state index contributed by atoms with van der Waals surface area (Å²) in [5.41, 5.74) is 6.93. The first-order chi connectivity index (χ1) is 9.20. The summed E-state index contributed by atoms with van der Waals surface area (Å²) < 4.78 is 0. The molecule has 3 heteroatoms. The van der Waals surface area contributed by atoms with E-state index in [2.05, 4.69) is 18.8 Å². The van der Waals surface area contributed by atoms with Crippen LogP contribution >= 0.6 is 0 Å². The average molecular weight is 256 g/mol. The molecule has 0 spiro atoms. The fourth-order valence-electron chi connectivity index (χ4n) is 2.44. The highest BCUT2D eigenvalue weighted by Gasteiger charge is 2.21. The zero-order valence-corrected chi connectivity index (χ0v) is 11.4. The lowest BCUT2D eigenvalue weighted by atomic mass is 9.99. The molecule has 1 heterocycles. The predicted molar refractivity (Wildman–Crippen MR) is 76.7 cm³/mol. The monoisotopic (exact) mass is 256 g/mol. The Bertz CT molecular complexity index is 513. The summed E-state index contributed by atoms with van der Waals surface area (Å²) in [5.74, 6) is 6.48. The molecule has 19 heavy (non-hydrogen) atoms. The lowest BCUT2D eigenvalue weighted by Gasteiger charge is -2.31. The number of rotatable bonds is 1. The van der Waals surface area contributed by atoms with Crippen LogP contribution < -0.4 is 5.73 Å². The molecule has 1 aliphatic rings. The minimum atomic E-state index is 0.114. The molecule has 1 aromatic carbocycles. The van der Waals surface area contributed by atoms with Crippen LogP contribution in [-0.2, 0) is 0 Å². The molecule has 2 rings (SSSR count). The summed E-state index contributed by atoms with van der Waals surface area (Å²) in [5, 5.41) is 0. The van der Waals surface area contributed by atoms with E-state index in [1.807, 2.05) is 29.2 Å². The molecular weight excluding hydrogens is 236 g/mol. The number of piperidine rings is 1. The molecule has 0 radical (unpaired) electrons. The highest BCUT2D eigenvalue weighted by Crippen LogP contribution is 2.18. The molecule has 1 aliphatic heterocycles. The van der Waals surface area contributed by atoms with E-state index >= 15 is 0 Å². The maximum Gasteiger partial charge on any atom is 0.253 e. The quantitative estimate of drug-likeness (QED) is 0.780. The van der Waals surface area contributed by atoms with Gasteiger partial charge in [-0.05, 0) is 37.0 Å². The van der Waals surface area contributed by atoms with Crippen molar-refractivity contribution < 1.29 is 4.79 Å². The van der Waals surface area contributed by atoms with Crippen molar-refractivity contribution >= 4 is 5.91 Å². The number of hydrogen-bond donors (Lipinski definition) is 1. The van der Waals surface area contributed by atoms with Crippen LogP contribution in [0.5, 0.6) is 0 Å². The van der Waals surface area contributed by atoms with Gasteiger partial charge in [0, 0.05) is 24.2 Å². The lowest BCUT2D eigenvalue weighted by Crippen LogP contribution is -2.39. The molecule has 1 aromatic rings. The molecule has 100 valence electrons. The maximum absolute atomic E-state index is 12.4. The van der Waals surface area contributed by atoms with Crippen molar-refractivity contribution in [3.8, 4) is 11.8 Å². The van der Waals surface area contributed by atoms with Crippen molar-refractivity contribution in [2.24, 2.45) is 11.7 Å². The second kappa shape index (κ2) is 6.40. The molecule has 1 saturated heterocycles. The van der Waals surface area contributed by atoms with Crippen LogP contribution in [0.25, 0.3) is 0 Å². The van der Waals surface area contributed by atoms with Gasteiger partial charge in [0.25, 0.3) is 5.91 Å². The maximum atomic E-state index is 12.4. The first-order valence-electron chi connectivity index (χ1n) is 6.79. The van der Waals surface area contributed by atoms with Crippen molar-refractivity contribution in [1.82, 2.24) is 4.90 Å². The average Bonchev–Trinajstić information content (AvgIpc) is 2.44. The standard InChI is InChI=1S/C16H20N2O/c1-13-5-4-10-18(12-13)16(19)15-8-2-6-14(11-15)7-3-9-17/h2,6,8,11,13H,4-5,9-10,12,17H2,1H3. The van der Waals surface area contributed by atoms with Crippen molar-refractivity contribution in [2.45, 2.75) is 19.8 Å². The normalized spacial score (nSPS) is 18.6. The highest BCUT2D eigenvalue weighted by atomic mass is 16.2. The molecule has 1 atom stereocenters. The molecule has 1 amide bonds. The number of amides is 1. The van der Waals surface area contributed by atoms with Gasteiger partial charge in [-0.15, -0.1) is 0 Å². The molecule has 1 unspecified atom stereocenters. The highest BCUT2D eigenvalue weighted by molar-refractivity contribution is 5.94. The van der Waals surface area contributed by atoms with Crippen LogP contribution in [-0.4, -0.2) is 30.4 Å². The van der Waals surface area contributed by atoms with E-state index in [-0.39, 0.29) is 5.91 Å². The SMILES string of the molecule is CC1CCCN(C(=O)c2cccc(C#CCN)c2)C1. The van der Waals surface area contributed by atoms with E-state index in [0.29, 0.717) is 12.5 Å². The van der Waals surface area contributed by atoms with Crippen LogP contribution in [0.15, 0.2) is 24.3 Å². The van der Waals surface area contributed by atoms with Crippen LogP contribution in [0, 0.1) is 17.8 Å². The summed E-state index contributed by atoms with van der Waals surface area (Å²) in [6, 6.07) is 7.49. The Hall–Kier alpha value is -1.79. The van der Waals surface area contributed by atoms with E-state index < -0.39 is 0 Å². The number of carbonyl (C=O) groups excluding carboxylic acids is 1. The van der Waals surface area contributed by atoms with Gasteiger partial charge in [0.05, 0.1) is 6.54 Å². The number of benzene rings is 1. The van der Waals surface area contributed by atoms with E-state index in [9.17, 15) is 4.79 Å². The van der Waals surface area contributed by atoms with E-state index in [0.717, 1.165) is 30.6 Å². The van der Waals surface area contributed by atoms with Gasteiger partial charge in [0.1, 0.15) is 0 Å². The van der Waals surface area contributed by atoms with Crippen LogP contribution in [0.3, 0.4) is 0 Å². The first kappa shape index (κ1) is 13.6. The predicted octanol–water partition coefficient (Wildman–Crippen LogP) is 1.87. The molecule has 0 bridgehead atoms. The van der Waals surface area contributed by atoms with Gasteiger partial charge >= 0.3 is 0 Å². The van der Waals surface area contributed by atoms with Gasteiger partial charge in [-0.25, -0.2) is 0 Å². The largest absolute Gasteiger partial charge is 0.338 e. The molecule has 2 N–H and O–H groups in total. The topological polar surface area (TPSA) is 46.3 Å². The van der Waals surface area contributed by atoms with E-state index in [1.165, 1.54) is 6.42 Å².